The Hall–Kier alpha value is -1.65. The summed E-state index contributed by atoms with van der Waals surface area (Å²) in [6, 6.07) is 9.20. The molecule has 1 aromatic carbocycles. The molecule has 5 aliphatic rings. The zero-order chi connectivity index (χ0) is 24.6. The Labute approximate surface area is 211 Å². The molecule has 6 rings (SSSR count). The number of nitrogens with zero attached hydrogens (tertiary/aromatic N) is 1. The van der Waals surface area contributed by atoms with Crippen LogP contribution in [0, 0.1) is 28.6 Å². The van der Waals surface area contributed by atoms with Gasteiger partial charge in [-0.3, -0.25) is 4.79 Å². The Bertz CT molecular complexity index is 1030. The summed E-state index contributed by atoms with van der Waals surface area (Å²) in [7, 11) is 4.20. The summed E-state index contributed by atoms with van der Waals surface area (Å²) in [4.78, 5) is 15.4. The lowest BCUT2D eigenvalue weighted by atomic mass is 9.50. The van der Waals surface area contributed by atoms with Crippen LogP contribution in [0.2, 0.25) is 0 Å². The molecule has 1 aromatic rings. The maximum atomic E-state index is 13.2. The number of carbonyl (C=O) groups is 1. The number of hydrogen-bond donors (Lipinski definition) is 0. The van der Waals surface area contributed by atoms with E-state index in [-0.39, 0.29) is 10.8 Å². The van der Waals surface area contributed by atoms with E-state index in [9.17, 15) is 4.79 Å². The molecule has 35 heavy (non-hydrogen) atoms. The van der Waals surface area contributed by atoms with E-state index in [1.54, 1.807) is 11.1 Å². The quantitative estimate of drug-likeness (QED) is 0.456. The Kier molecular flexibility index (Phi) is 5.55. The molecule has 3 fully saturated rings. The predicted octanol–water partition coefficient (Wildman–Crippen LogP) is 6.50. The summed E-state index contributed by atoms with van der Waals surface area (Å²) in [5.41, 5.74) is 5.92. The number of fused-ring (bicyclic) bond motifs is 4. The topological polar surface area (TPSA) is 38.8 Å². The molecule has 2 saturated carbocycles. The second-order valence-corrected chi connectivity index (χ2v) is 13.5. The van der Waals surface area contributed by atoms with Crippen molar-refractivity contribution in [2.24, 2.45) is 28.6 Å². The third-order valence-corrected chi connectivity index (χ3v) is 10.4. The molecule has 1 aliphatic heterocycles. The standard InChI is InChI=1S/C31H43NO3/c1-29(2)18-34-31(35-19-29)15-14-23-21(16-31)8-11-24-26-12-13-27(33)30(26,3)17-25(28(23)24)20-6-9-22(10-7-20)32(4)5/h6-7,9-10,24-26,28H,8,11-19H2,1-5H3/t24-,25+,26-,28+,30-/m0/s1. The van der Waals surface area contributed by atoms with Gasteiger partial charge in [-0.15, -0.1) is 0 Å². The van der Waals surface area contributed by atoms with Crippen LogP contribution in [0.15, 0.2) is 35.4 Å². The van der Waals surface area contributed by atoms with E-state index < -0.39 is 5.79 Å². The van der Waals surface area contributed by atoms with Gasteiger partial charge in [-0.25, -0.2) is 0 Å². The minimum Gasteiger partial charge on any atom is -0.378 e. The number of benzene rings is 1. The first-order chi connectivity index (χ1) is 16.6. The number of rotatable bonds is 2. The Morgan fingerprint density at radius 3 is 2.34 bits per heavy atom. The Morgan fingerprint density at radius 2 is 1.66 bits per heavy atom. The number of hydrogen-bond acceptors (Lipinski definition) is 4. The van der Waals surface area contributed by atoms with Crippen LogP contribution in [0.25, 0.3) is 0 Å². The van der Waals surface area contributed by atoms with Gasteiger partial charge in [0.15, 0.2) is 5.79 Å². The molecule has 0 unspecified atom stereocenters. The van der Waals surface area contributed by atoms with Gasteiger partial charge in [0.25, 0.3) is 0 Å². The van der Waals surface area contributed by atoms with E-state index in [4.69, 9.17) is 9.47 Å². The fourth-order valence-corrected chi connectivity index (χ4v) is 8.41. The molecule has 0 N–H and O–H groups in total. The van der Waals surface area contributed by atoms with Crippen molar-refractivity contribution in [3.8, 4) is 0 Å². The summed E-state index contributed by atoms with van der Waals surface area (Å²) in [5, 5.41) is 0. The summed E-state index contributed by atoms with van der Waals surface area (Å²) >= 11 is 0. The van der Waals surface area contributed by atoms with Gasteiger partial charge in [-0.2, -0.15) is 0 Å². The van der Waals surface area contributed by atoms with Gasteiger partial charge in [0.1, 0.15) is 5.78 Å². The maximum Gasteiger partial charge on any atom is 0.172 e. The van der Waals surface area contributed by atoms with Crippen LogP contribution >= 0.6 is 0 Å². The number of allylic oxidation sites excluding steroid dienone is 1. The lowest BCUT2D eigenvalue weighted by molar-refractivity contribution is -0.303. The number of anilines is 1. The van der Waals surface area contributed by atoms with Crippen molar-refractivity contribution in [3.63, 3.8) is 0 Å². The van der Waals surface area contributed by atoms with E-state index in [0.29, 0.717) is 29.5 Å². The van der Waals surface area contributed by atoms with Gasteiger partial charge in [0.05, 0.1) is 13.2 Å². The molecule has 4 heteroatoms. The van der Waals surface area contributed by atoms with Crippen molar-refractivity contribution in [2.45, 2.75) is 83.8 Å². The zero-order valence-electron chi connectivity index (χ0n) is 22.4. The van der Waals surface area contributed by atoms with E-state index in [0.717, 1.165) is 58.2 Å². The molecule has 1 saturated heterocycles. The molecule has 1 spiro atoms. The molecule has 1 heterocycles. The van der Waals surface area contributed by atoms with Crippen molar-refractivity contribution in [3.05, 3.63) is 41.0 Å². The summed E-state index contributed by atoms with van der Waals surface area (Å²) < 4.78 is 12.9. The third-order valence-electron chi connectivity index (χ3n) is 10.4. The highest BCUT2D eigenvalue weighted by Crippen LogP contribution is 2.64. The smallest absolute Gasteiger partial charge is 0.172 e. The number of ether oxygens (including phenoxy) is 2. The second kappa shape index (κ2) is 8.18. The van der Waals surface area contributed by atoms with Crippen LogP contribution in [0.4, 0.5) is 5.69 Å². The monoisotopic (exact) mass is 477 g/mol. The van der Waals surface area contributed by atoms with Crippen molar-refractivity contribution in [2.75, 3.05) is 32.2 Å². The van der Waals surface area contributed by atoms with Crippen LogP contribution in [-0.2, 0) is 14.3 Å². The largest absolute Gasteiger partial charge is 0.378 e. The van der Waals surface area contributed by atoms with Gasteiger partial charge < -0.3 is 14.4 Å². The first-order valence-electron chi connectivity index (χ1n) is 13.9. The van der Waals surface area contributed by atoms with E-state index in [1.807, 2.05) is 0 Å². The van der Waals surface area contributed by atoms with E-state index in [1.165, 1.54) is 17.7 Å². The molecule has 4 nitrogen and oxygen atoms in total. The Balaban J connectivity index is 1.36. The van der Waals surface area contributed by atoms with Crippen molar-refractivity contribution < 1.29 is 14.3 Å². The minimum absolute atomic E-state index is 0.101. The average Bonchev–Trinajstić information content (AvgIpc) is 3.14. The first kappa shape index (κ1) is 23.7. The van der Waals surface area contributed by atoms with Crippen LogP contribution in [-0.4, -0.2) is 38.9 Å². The molecule has 0 amide bonds. The van der Waals surface area contributed by atoms with E-state index in [2.05, 4.69) is 64.0 Å². The lowest BCUT2D eigenvalue weighted by Crippen LogP contribution is -2.51. The highest BCUT2D eigenvalue weighted by atomic mass is 16.7. The average molecular weight is 478 g/mol. The zero-order valence-corrected chi connectivity index (χ0v) is 22.4. The predicted molar refractivity (Wildman–Crippen MR) is 139 cm³/mol. The highest BCUT2D eigenvalue weighted by molar-refractivity contribution is 5.87. The fraction of sp³-hybridized carbons (Fsp3) is 0.710. The number of carbonyl (C=O) groups excluding carboxylic acids is 1. The molecule has 0 radical (unpaired) electrons. The van der Waals surface area contributed by atoms with Crippen LogP contribution in [0.3, 0.4) is 0 Å². The van der Waals surface area contributed by atoms with Crippen molar-refractivity contribution >= 4 is 11.5 Å². The number of ketones is 1. The third kappa shape index (κ3) is 3.82. The van der Waals surface area contributed by atoms with Gasteiger partial charge >= 0.3 is 0 Å². The molecule has 0 bridgehead atoms. The summed E-state index contributed by atoms with van der Waals surface area (Å²) in [6.07, 6.45) is 8.24. The van der Waals surface area contributed by atoms with Gasteiger partial charge in [0, 0.05) is 49.9 Å². The maximum absolute atomic E-state index is 13.2. The van der Waals surface area contributed by atoms with E-state index >= 15 is 0 Å². The molecule has 0 aromatic heterocycles. The molecular formula is C31H43NO3. The second-order valence-electron chi connectivity index (χ2n) is 13.5. The van der Waals surface area contributed by atoms with Crippen LogP contribution in [0.5, 0.6) is 0 Å². The minimum atomic E-state index is -0.406. The first-order valence-corrected chi connectivity index (χ1v) is 13.9. The van der Waals surface area contributed by atoms with Crippen molar-refractivity contribution in [1.82, 2.24) is 0 Å². The Morgan fingerprint density at radius 1 is 0.943 bits per heavy atom. The summed E-state index contributed by atoms with van der Waals surface area (Å²) in [5.74, 6) is 2.27. The normalized spacial score (nSPS) is 37.6. The molecule has 190 valence electrons. The fourth-order valence-electron chi connectivity index (χ4n) is 8.41. The van der Waals surface area contributed by atoms with Crippen LogP contribution in [0.1, 0.15) is 83.6 Å². The van der Waals surface area contributed by atoms with Gasteiger partial charge in [0.2, 0.25) is 0 Å². The SMILES string of the molecule is CN(C)c1ccc([C@H]2C[C@]3(C)C(=O)CC[C@H]3[C@@H]3CCC4=C(CCC5(C4)OCC(C)(C)CO5)[C@H]32)cc1. The van der Waals surface area contributed by atoms with Gasteiger partial charge in [-0.05, 0) is 73.5 Å². The molecule has 5 atom stereocenters. The molecule has 4 aliphatic carbocycles. The molecular weight excluding hydrogens is 434 g/mol. The van der Waals surface area contributed by atoms with Gasteiger partial charge in [-0.1, -0.05) is 44.1 Å². The highest BCUT2D eigenvalue weighted by Gasteiger charge is 2.59. The number of Topliss-reactive ketones (excluding diaryl/α,β-unsaturated/α-hetero) is 1. The van der Waals surface area contributed by atoms with Crippen LogP contribution < -0.4 is 4.90 Å². The van der Waals surface area contributed by atoms with Crippen molar-refractivity contribution in [1.29, 1.82) is 0 Å². The lowest BCUT2D eigenvalue weighted by Gasteiger charge is -2.55. The summed E-state index contributed by atoms with van der Waals surface area (Å²) in [6.45, 7) is 8.32.